The summed E-state index contributed by atoms with van der Waals surface area (Å²) in [6.45, 7) is 6.94. The molecule has 1 saturated heterocycles. The molecule has 0 bridgehead atoms. The number of hydrogen-bond acceptors (Lipinski definition) is 5. The minimum atomic E-state index is 0.715. The number of benzene rings is 1. The summed E-state index contributed by atoms with van der Waals surface area (Å²) >= 11 is 0. The van der Waals surface area contributed by atoms with Gasteiger partial charge in [-0.15, -0.1) is 0 Å². The lowest BCUT2D eigenvalue weighted by molar-refractivity contribution is 0.223. The minimum Gasteiger partial charge on any atom is -0.493 e. The van der Waals surface area contributed by atoms with E-state index >= 15 is 0 Å². The van der Waals surface area contributed by atoms with Crippen LogP contribution in [0.5, 0.6) is 11.5 Å². The van der Waals surface area contributed by atoms with Crippen molar-refractivity contribution in [3.8, 4) is 11.5 Å². The van der Waals surface area contributed by atoms with Crippen LogP contribution in [0.1, 0.15) is 12.0 Å². The van der Waals surface area contributed by atoms with E-state index in [-0.39, 0.29) is 0 Å². The fraction of sp³-hybridized carbons (Fsp3) is 0.647. The molecule has 1 aliphatic rings. The van der Waals surface area contributed by atoms with Gasteiger partial charge in [-0.1, -0.05) is 12.1 Å². The van der Waals surface area contributed by atoms with Crippen molar-refractivity contribution in [1.82, 2.24) is 15.1 Å². The quantitative estimate of drug-likeness (QED) is 0.736. The summed E-state index contributed by atoms with van der Waals surface area (Å²) in [7, 11) is 5.87. The fourth-order valence-corrected chi connectivity index (χ4v) is 2.68. The molecular weight excluding hydrogens is 278 g/mol. The van der Waals surface area contributed by atoms with Gasteiger partial charge in [0.1, 0.15) is 0 Å². The average molecular weight is 307 g/mol. The maximum absolute atomic E-state index is 6.06. The van der Waals surface area contributed by atoms with Crippen molar-refractivity contribution in [2.45, 2.75) is 13.0 Å². The summed E-state index contributed by atoms with van der Waals surface area (Å²) in [6.07, 6.45) is 1.01. The van der Waals surface area contributed by atoms with Gasteiger partial charge < -0.3 is 19.7 Å². The molecule has 0 saturated carbocycles. The van der Waals surface area contributed by atoms with Crippen LogP contribution in [0.3, 0.4) is 0 Å². The van der Waals surface area contributed by atoms with Crippen molar-refractivity contribution < 1.29 is 9.47 Å². The van der Waals surface area contributed by atoms with Crippen molar-refractivity contribution in [2.24, 2.45) is 0 Å². The summed E-state index contributed by atoms with van der Waals surface area (Å²) < 4.78 is 11.5. The first-order chi connectivity index (χ1) is 10.7. The van der Waals surface area contributed by atoms with Crippen LogP contribution in [0, 0.1) is 0 Å². The maximum Gasteiger partial charge on any atom is 0.165 e. The van der Waals surface area contributed by atoms with Gasteiger partial charge in [-0.3, -0.25) is 4.90 Å². The van der Waals surface area contributed by atoms with E-state index in [1.54, 1.807) is 7.11 Å². The van der Waals surface area contributed by atoms with Crippen molar-refractivity contribution in [2.75, 3.05) is 60.5 Å². The van der Waals surface area contributed by atoms with Crippen LogP contribution in [-0.4, -0.2) is 70.3 Å². The van der Waals surface area contributed by atoms with E-state index in [0.717, 1.165) is 57.2 Å². The monoisotopic (exact) mass is 307 g/mol. The number of piperazine rings is 1. The van der Waals surface area contributed by atoms with Crippen LogP contribution in [0.2, 0.25) is 0 Å². The molecule has 0 amide bonds. The molecule has 5 nitrogen and oxygen atoms in total. The van der Waals surface area contributed by atoms with Gasteiger partial charge in [0, 0.05) is 44.8 Å². The van der Waals surface area contributed by atoms with Gasteiger partial charge in [-0.05, 0) is 26.6 Å². The van der Waals surface area contributed by atoms with Crippen LogP contribution in [0.4, 0.5) is 0 Å². The van der Waals surface area contributed by atoms with Gasteiger partial charge in [0.25, 0.3) is 0 Å². The highest BCUT2D eigenvalue weighted by atomic mass is 16.5. The summed E-state index contributed by atoms with van der Waals surface area (Å²) in [5.74, 6) is 1.74. The van der Waals surface area contributed by atoms with Gasteiger partial charge in [0.2, 0.25) is 0 Å². The number of rotatable bonds is 8. The van der Waals surface area contributed by atoms with E-state index in [4.69, 9.17) is 9.47 Å². The molecule has 1 N–H and O–H groups in total. The van der Waals surface area contributed by atoms with Crippen LogP contribution >= 0.6 is 0 Å². The Kier molecular flexibility index (Phi) is 6.96. The molecule has 1 fully saturated rings. The van der Waals surface area contributed by atoms with E-state index in [0.29, 0.717) is 6.61 Å². The lowest BCUT2D eigenvalue weighted by Crippen LogP contribution is -2.42. The molecule has 0 spiro atoms. The molecule has 1 aromatic carbocycles. The smallest absolute Gasteiger partial charge is 0.165 e. The Labute approximate surface area is 134 Å². The molecule has 0 aliphatic carbocycles. The lowest BCUT2D eigenvalue weighted by Gasteiger charge is -2.28. The second-order valence-electron chi connectivity index (χ2n) is 5.98. The predicted octanol–water partition coefficient (Wildman–Crippen LogP) is 1.43. The van der Waals surface area contributed by atoms with Gasteiger partial charge in [0.15, 0.2) is 11.5 Å². The largest absolute Gasteiger partial charge is 0.493 e. The number of nitrogens with one attached hydrogen (secondary N) is 1. The Morgan fingerprint density at radius 1 is 1.23 bits per heavy atom. The Hall–Kier alpha value is -1.30. The molecule has 0 aromatic heterocycles. The first-order valence-electron chi connectivity index (χ1n) is 8.07. The Morgan fingerprint density at radius 3 is 2.68 bits per heavy atom. The molecule has 1 heterocycles. The second-order valence-corrected chi connectivity index (χ2v) is 5.98. The Bertz CT molecular complexity index is 446. The van der Waals surface area contributed by atoms with Crippen LogP contribution in [-0.2, 0) is 6.54 Å². The predicted molar refractivity (Wildman–Crippen MR) is 89.8 cm³/mol. The van der Waals surface area contributed by atoms with Crippen molar-refractivity contribution >= 4 is 0 Å². The number of ether oxygens (including phenoxy) is 2. The molecule has 124 valence electrons. The Morgan fingerprint density at radius 2 is 2.00 bits per heavy atom. The zero-order chi connectivity index (χ0) is 15.8. The molecular formula is C17H29N3O2. The number of nitrogens with zero attached hydrogens (tertiary/aromatic N) is 2. The first kappa shape index (κ1) is 17.1. The Balaban J connectivity index is 2.00. The third-order valence-electron chi connectivity index (χ3n) is 3.88. The normalized spacial score (nSPS) is 16.0. The highest BCUT2D eigenvalue weighted by Crippen LogP contribution is 2.32. The zero-order valence-electron chi connectivity index (χ0n) is 14.1. The van der Waals surface area contributed by atoms with Gasteiger partial charge in [-0.2, -0.15) is 0 Å². The third kappa shape index (κ3) is 5.16. The zero-order valence-corrected chi connectivity index (χ0v) is 14.1. The average Bonchev–Trinajstić information content (AvgIpc) is 2.53. The highest BCUT2D eigenvalue weighted by molar-refractivity contribution is 5.46. The van der Waals surface area contributed by atoms with Crippen molar-refractivity contribution in [3.63, 3.8) is 0 Å². The molecule has 1 aliphatic heterocycles. The van der Waals surface area contributed by atoms with Gasteiger partial charge >= 0.3 is 0 Å². The van der Waals surface area contributed by atoms with Gasteiger partial charge in [-0.25, -0.2) is 0 Å². The highest BCUT2D eigenvalue weighted by Gasteiger charge is 2.15. The van der Waals surface area contributed by atoms with Gasteiger partial charge in [0.05, 0.1) is 13.7 Å². The molecule has 0 atom stereocenters. The van der Waals surface area contributed by atoms with E-state index in [2.05, 4.69) is 35.3 Å². The van der Waals surface area contributed by atoms with Crippen LogP contribution in [0.25, 0.3) is 0 Å². The van der Waals surface area contributed by atoms with E-state index in [1.165, 1.54) is 5.56 Å². The summed E-state index contributed by atoms with van der Waals surface area (Å²) in [6, 6.07) is 6.16. The van der Waals surface area contributed by atoms with E-state index < -0.39 is 0 Å². The summed E-state index contributed by atoms with van der Waals surface area (Å²) in [4.78, 5) is 4.63. The molecule has 0 unspecified atom stereocenters. The van der Waals surface area contributed by atoms with Crippen molar-refractivity contribution in [1.29, 1.82) is 0 Å². The number of methoxy groups -OCH3 is 1. The minimum absolute atomic E-state index is 0.715. The van der Waals surface area contributed by atoms with Crippen molar-refractivity contribution in [3.05, 3.63) is 23.8 Å². The number of hydrogen-bond donors (Lipinski definition) is 1. The molecule has 0 radical (unpaired) electrons. The maximum atomic E-state index is 6.06. The topological polar surface area (TPSA) is 37.0 Å². The second kappa shape index (κ2) is 8.98. The molecule has 5 heteroatoms. The van der Waals surface area contributed by atoms with E-state index in [9.17, 15) is 0 Å². The fourth-order valence-electron chi connectivity index (χ4n) is 2.68. The van der Waals surface area contributed by atoms with Crippen LogP contribution in [0.15, 0.2) is 18.2 Å². The molecule has 22 heavy (non-hydrogen) atoms. The SMILES string of the molecule is COc1cccc(CN2CCNCC2)c1OCCCN(C)C. The first-order valence-corrected chi connectivity index (χ1v) is 8.07. The molecule has 2 rings (SSSR count). The lowest BCUT2D eigenvalue weighted by atomic mass is 10.1. The summed E-state index contributed by atoms with van der Waals surface area (Å²) in [5, 5.41) is 3.39. The number of para-hydroxylation sites is 1. The molecule has 1 aromatic rings. The van der Waals surface area contributed by atoms with E-state index in [1.807, 2.05) is 12.1 Å². The third-order valence-corrected chi connectivity index (χ3v) is 3.88. The standard InChI is InChI=1S/C17H29N3O2/c1-19(2)10-5-13-22-17-15(6-4-7-16(17)21-3)14-20-11-8-18-9-12-20/h4,6-7,18H,5,8-14H2,1-3H3. The summed E-state index contributed by atoms with van der Waals surface area (Å²) in [5.41, 5.74) is 1.21. The van der Waals surface area contributed by atoms with Crippen LogP contribution < -0.4 is 14.8 Å².